The van der Waals surface area contributed by atoms with Gasteiger partial charge >= 0.3 is 0 Å². The van der Waals surface area contributed by atoms with Gasteiger partial charge in [-0.25, -0.2) is 0 Å². The minimum atomic E-state index is 1.05. The van der Waals surface area contributed by atoms with E-state index in [9.17, 15) is 0 Å². The fourth-order valence-electron chi connectivity index (χ4n) is 0.351. The summed E-state index contributed by atoms with van der Waals surface area (Å²) in [6.07, 6.45) is 0. The molecule has 0 saturated heterocycles. The van der Waals surface area contributed by atoms with E-state index < -0.39 is 0 Å². The summed E-state index contributed by atoms with van der Waals surface area (Å²) in [4.78, 5) is 0. The molecule has 52 valence electrons. The summed E-state index contributed by atoms with van der Waals surface area (Å²) in [6, 6.07) is 0. The Bertz CT molecular complexity index is 119. The molecule has 9 heavy (non-hydrogen) atoms. The Morgan fingerprint density at radius 1 is 1.44 bits per heavy atom. The molecule has 0 unspecified atom stereocenters. The van der Waals surface area contributed by atoms with Crippen LogP contribution in [-0.2, 0) is 0 Å². The molecule has 0 aliphatic rings. The van der Waals surface area contributed by atoms with Crippen LogP contribution in [0.2, 0.25) is 0 Å². The summed E-state index contributed by atoms with van der Waals surface area (Å²) in [6.45, 7) is 10.1. The molecule has 0 N–H and O–H groups in total. The molecule has 0 aromatic carbocycles. The zero-order valence-electron chi connectivity index (χ0n) is 6.40. The van der Waals surface area contributed by atoms with Crippen molar-refractivity contribution in [2.45, 2.75) is 20.8 Å². The van der Waals surface area contributed by atoms with Crippen molar-refractivity contribution in [3.05, 3.63) is 23.1 Å². The van der Waals surface area contributed by atoms with Crippen LogP contribution in [0.4, 0.5) is 0 Å². The predicted octanol–water partition coefficient (Wildman–Crippen LogP) is 3.22. The Kier molecular flexibility index (Phi) is 4.60. The van der Waals surface area contributed by atoms with Crippen LogP contribution in [0.3, 0.4) is 0 Å². The molecule has 0 bridgehead atoms. The zero-order valence-corrected chi connectivity index (χ0v) is 7.22. The van der Waals surface area contributed by atoms with E-state index in [2.05, 4.69) is 25.8 Å². The molecule has 0 aliphatic heterocycles. The van der Waals surface area contributed by atoms with Gasteiger partial charge in [-0.1, -0.05) is 17.7 Å². The molecule has 0 spiro atoms. The Balaban J connectivity index is 3.31. The fourth-order valence-corrected chi connectivity index (χ4v) is 1.05. The van der Waals surface area contributed by atoms with Crippen molar-refractivity contribution < 1.29 is 0 Å². The first kappa shape index (κ1) is 8.83. The van der Waals surface area contributed by atoms with Crippen LogP contribution < -0.4 is 0 Å². The first-order valence-corrected chi connectivity index (χ1v) is 4.07. The summed E-state index contributed by atoms with van der Waals surface area (Å²) in [7, 11) is 0. The summed E-state index contributed by atoms with van der Waals surface area (Å²) in [5, 5.41) is 2.16. The van der Waals surface area contributed by atoms with E-state index >= 15 is 0 Å². The molecule has 0 fully saturated rings. The van der Waals surface area contributed by atoms with E-state index in [1.54, 1.807) is 0 Å². The van der Waals surface area contributed by atoms with Gasteiger partial charge in [0.2, 0.25) is 0 Å². The number of rotatable bonds is 3. The van der Waals surface area contributed by atoms with Gasteiger partial charge in [-0.2, -0.15) is 0 Å². The van der Waals surface area contributed by atoms with Crippen molar-refractivity contribution in [2.24, 2.45) is 0 Å². The van der Waals surface area contributed by atoms with E-state index in [1.807, 2.05) is 18.7 Å². The summed E-state index contributed by atoms with van der Waals surface area (Å²) in [5.74, 6) is 1.05. The van der Waals surface area contributed by atoms with Crippen LogP contribution in [0.25, 0.3) is 0 Å². The number of allylic oxidation sites excluding steroid dienone is 1. The second kappa shape index (κ2) is 4.68. The van der Waals surface area contributed by atoms with Crippen LogP contribution >= 0.6 is 11.8 Å². The highest BCUT2D eigenvalue weighted by Gasteiger charge is 1.82. The molecular formula is C8H14S. The predicted molar refractivity (Wildman–Crippen MR) is 46.7 cm³/mol. The smallest absolute Gasteiger partial charge is 0.0179 e. The van der Waals surface area contributed by atoms with Crippen molar-refractivity contribution in [3.63, 3.8) is 0 Å². The van der Waals surface area contributed by atoms with Crippen LogP contribution in [-0.4, -0.2) is 5.75 Å². The maximum Gasteiger partial charge on any atom is 0.0179 e. The van der Waals surface area contributed by atoms with Crippen molar-refractivity contribution in [2.75, 3.05) is 5.75 Å². The van der Waals surface area contributed by atoms with Gasteiger partial charge in [0.15, 0.2) is 0 Å². The molecule has 0 aromatic rings. The van der Waals surface area contributed by atoms with E-state index in [-0.39, 0.29) is 0 Å². The second-order valence-corrected chi connectivity index (χ2v) is 3.32. The molecule has 0 radical (unpaired) electrons. The van der Waals surface area contributed by atoms with Gasteiger partial charge in [-0.05, 0) is 26.2 Å². The maximum absolute atomic E-state index is 3.80. The van der Waals surface area contributed by atoms with Gasteiger partial charge in [0, 0.05) is 5.75 Å². The molecule has 0 aliphatic carbocycles. The number of thioether (sulfide) groups is 1. The van der Waals surface area contributed by atoms with Crippen molar-refractivity contribution in [1.82, 2.24) is 0 Å². The monoisotopic (exact) mass is 142 g/mol. The Hall–Kier alpha value is -0.170. The van der Waals surface area contributed by atoms with Gasteiger partial charge < -0.3 is 0 Å². The lowest BCUT2D eigenvalue weighted by Gasteiger charge is -1.93. The minimum absolute atomic E-state index is 1.05. The molecule has 0 aromatic heterocycles. The highest BCUT2D eigenvalue weighted by molar-refractivity contribution is 8.02. The average Bonchev–Trinajstić information content (AvgIpc) is 1.63. The molecule has 0 saturated carbocycles. The Morgan fingerprint density at radius 2 is 2.00 bits per heavy atom. The Labute approximate surface area is 62.0 Å². The average molecular weight is 142 g/mol. The first-order chi connectivity index (χ1) is 4.13. The fraction of sp³-hybridized carbons (Fsp3) is 0.500. The highest BCUT2D eigenvalue weighted by Crippen LogP contribution is 2.09. The zero-order chi connectivity index (χ0) is 7.28. The van der Waals surface area contributed by atoms with Crippen LogP contribution in [0.5, 0.6) is 0 Å². The van der Waals surface area contributed by atoms with Gasteiger partial charge in [0.1, 0.15) is 0 Å². The summed E-state index contributed by atoms with van der Waals surface area (Å²) >= 11 is 1.81. The van der Waals surface area contributed by atoms with Crippen molar-refractivity contribution >= 4 is 11.8 Å². The third kappa shape index (κ3) is 7.83. The van der Waals surface area contributed by atoms with Gasteiger partial charge in [-0.3, -0.25) is 0 Å². The van der Waals surface area contributed by atoms with E-state index in [0.717, 1.165) is 5.75 Å². The normalized spacial score (nSPS) is 8.78. The molecule has 0 heterocycles. The van der Waals surface area contributed by atoms with E-state index in [1.165, 1.54) is 11.1 Å². The SMILES string of the molecule is C=C(C)CSC=C(C)C. The lowest BCUT2D eigenvalue weighted by Crippen LogP contribution is -1.74. The van der Waals surface area contributed by atoms with Crippen LogP contribution in [0, 0.1) is 0 Å². The molecule has 0 atom stereocenters. The van der Waals surface area contributed by atoms with Crippen LogP contribution in [0.15, 0.2) is 23.1 Å². The summed E-state index contributed by atoms with van der Waals surface area (Å²) < 4.78 is 0. The first-order valence-electron chi connectivity index (χ1n) is 3.02. The van der Waals surface area contributed by atoms with E-state index in [0.29, 0.717) is 0 Å². The topological polar surface area (TPSA) is 0 Å². The quantitative estimate of drug-likeness (QED) is 0.545. The number of hydrogen-bond acceptors (Lipinski definition) is 1. The maximum atomic E-state index is 3.80. The van der Waals surface area contributed by atoms with E-state index in [4.69, 9.17) is 0 Å². The highest BCUT2D eigenvalue weighted by atomic mass is 32.2. The van der Waals surface area contributed by atoms with Crippen molar-refractivity contribution in [1.29, 1.82) is 0 Å². The molecule has 0 nitrogen and oxygen atoms in total. The lowest BCUT2D eigenvalue weighted by molar-refractivity contribution is 1.41. The van der Waals surface area contributed by atoms with Crippen molar-refractivity contribution in [3.8, 4) is 0 Å². The second-order valence-electron chi connectivity index (χ2n) is 2.46. The Morgan fingerprint density at radius 3 is 2.33 bits per heavy atom. The van der Waals surface area contributed by atoms with Gasteiger partial charge in [0.05, 0.1) is 0 Å². The molecular weight excluding hydrogens is 128 g/mol. The minimum Gasteiger partial charge on any atom is -0.130 e. The molecule has 1 heteroatoms. The number of hydrogen-bond donors (Lipinski definition) is 0. The van der Waals surface area contributed by atoms with Gasteiger partial charge in [0.25, 0.3) is 0 Å². The van der Waals surface area contributed by atoms with Crippen LogP contribution in [0.1, 0.15) is 20.8 Å². The third-order valence-electron chi connectivity index (χ3n) is 0.649. The lowest BCUT2D eigenvalue weighted by atomic mass is 10.4. The largest absolute Gasteiger partial charge is 0.130 e. The molecule has 0 amide bonds. The summed E-state index contributed by atoms with van der Waals surface area (Å²) in [5.41, 5.74) is 2.60. The molecule has 0 rings (SSSR count). The third-order valence-corrected chi connectivity index (χ3v) is 1.95. The standard InChI is InChI=1S/C8H14S/c1-7(2)5-9-6-8(3)4/h6H,1,5H2,2-4H3. The van der Waals surface area contributed by atoms with Gasteiger partial charge in [-0.15, -0.1) is 11.8 Å².